The lowest BCUT2D eigenvalue weighted by Gasteiger charge is -2.27. The van der Waals surface area contributed by atoms with Crippen molar-refractivity contribution in [3.8, 4) is 0 Å². The number of carbonyl (C=O) groups excluding carboxylic acids is 1. The van der Waals surface area contributed by atoms with Gasteiger partial charge in [0.2, 0.25) is 5.91 Å². The molecule has 0 saturated carbocycles. The summed E-state index contributed by atoms with van der Waals surface area (Å²) in [5.41, 5.74) is 0.184. The number of rotatable bonds is 4. The summed E-state index contributed by atoms with van der Waals surface area (Å²) in [6.07, 6.45) is 0.594. The maximum atomic E-state index is 11.8. The number of carbonyl (C=O) groups is 1. The summed E-state index contributed by atoms with van der Waals surface area (Å²) in [5, 5.41) is 6.29. The summed E-state index contributed by atoms with van der Waals surface area (Å²) in [6, 6.07) is 0.262. The zero-order chi connectivity index (χ0) is 12.9. The first-order valence-corrected chi connectivity index (χ1v) is 6.47. The number of hydrogen-bond donors (Lipinski definition) is 2. The minimum absolute atomic E-state index is 0.139. The molecule has 2 N–H and O–H groups in total. The van der Waals surface area contributed by atoms with E-state index in [0.29, 0.717) is 25.5 Å². The van der Waals surface area contributed by atoms with Crippen LogP contribution in [0.4, 0.5) is 0 Å². The number of ether oxygens (including phenoxy) is 1. The van der Waals surface area contributed by atoms with E-state index in [1.807, 2.05) is 0 Å². The lowest BCUT2D eigenvalue weighted by Crippen LogP contribution is -2.48. The second kappa shape index (κ2) is 6.36. The van der Waals surface area contributed by atoms with Gasteiger partial charge in [-0.1, -0.05) is 27.7 Å². The zero-order valence-electron chi connectivity index (χ0n) is 11.5. The molecule has 100 valence electrons. The molecule has 0 aromatic rings. The van der Waals surface area contributed by atoms with Crippen LogP contribution in [0.15, 0.2) is 0 Å². The summed E-state index contributed by atoms with van der Waals surface area (Å²) in [6.45, 7) is 11.6. The molecule has 1 rings (SSSR count). The van der Waals surface area contributed by atoms with Crippen LogP contribution in [0.25, 0.3) is 0 Å². The highest BCUT2D eigenvalue weighted by Gasteiger charge is 2.23. The van der Waals surface area contributed by atoms with Gasteiger partial charge < -0.3 is 15.4 Å². The lowest BCUT2D eigenvalue weighted by molar-refractivity contribution is -0.122. The van der Waals surface area contributed by atoms with Crippen molar-refractivity contribution in [1.82, 2.24) is 10.6 Å². The number of hydrogen-bond acceptors (Lipinski definition) is 3. The molecule has 2 unspecified atom stereocenters. The SMILES string of the molecule is CC(CC(=O)NCC1COCCN1)C(C)(C)C. The molecule has 0 aliphatic carbocycles. The fourth-order valence-electron chi connectivity index (χ4n) is 1.64. The van der Waals surface area contributed by atoms with Gasteiger partial charge in [0.25, 0.3) is 0 Å². The minimum Gasteiger partial charge on any atom is -0.378 e. The van der Waals surface area contributed by atoms with Gasteiger partial charge in [-0.25, -0.2) is 0 Å². The first-order chi connectivity index (χ1) is 7.89. The first kappa shape index (κ1) is 14.5. The van der Waals surface area contributed by atoms with Crippen molar-refractivity contribution in [2.75, 3.05) is 26.3 Å². The Kier molecular flexibility index (Phi) is 5.40. The van der Waals surface area contributed by atoms with Crippen LogP contribution in [-0.2, 0) is 9.53 Å². The average Bonchev–Trinajstić information content (AvgIpc) is 2.26. The molecule has 1 aliphatic rings. The Balaban J connectivity index is 2.20. The Bertz CT molecular complexity index is 242. The number of morpholine rings is 1. The molecule has 4 nitrogen and oxygen atoms in total. The monoisotopic (exact) mass is 242 g/mol. The molecule has 0 aromatic heterocycles. The summed E-state index contributed by atoms with van der Waals surface area (Å²) < 4.78 is 5.34. The third kappa shape index (κ3) is 5.50. The van der Waals surface area contributed by atoms with Crippen molar-refractivity contribution >= 4 is 5.91 Å². The van der Waals surface area contributed by atoms with Crippen molar-refractivity contribution in [3.63, 3.8) is 0 Å². The third-order valence-electron chi connectivity index (χ3n) is 3.51. The Hall–Kier alpha value is -0.610. The van der Waals surface area contributed by atoms with Gasteiger partial charge in [-0.2, -0.15) is 0 Å². The molecule has 1 heterocycles. The van der Waals surface area contributed by atoms with Crippen LogP contribution < -0.4 is 10.6 Å². The number of amides is 1. The summed E-state index contributed by atoms with van der Waals surface area (Å²) in [5.74, 6) is 0.526. The molecule has 17 heavy (non-hydrogen) atoms. The second-order valence-electron chi connectivity index (χ2n) is 6.00. The van der Waals surface area contributed by atoms with E-state index < -0.39 is 0 Å². The minimum atomic E-state index is 0.139. The van der Waals surface area contributed by atoms with Crippen molar-refractivity contribution in [2.24, 2.45) is 11.3 Å². The van der Waals surface area contributed by atoms with Gasteiger partial charge in [0.05, 0.1) is 13.2 Å². The predicted molar refractivity (Wildman–Crippen MR) is 68.9 cm³/mol. The molecule has 1 fully saturated rings. The van der Waals surface area contributed by atoms with Crippen molar-refractivity contribution in [3.05, 3.63) is 0 Å². The van der Waals surface area contributed by atoms with E-state index in [1.54, 1.807) is 0 Å². The van der Waals surface area contributed by atoms with Gasteiger partial charge in [0.15, 0.2) is 0 Å². The van der Waals surface area contributed by atoms with Crippen molar-refractivity contribution in [2.45, 2.75) is 40.2 Å². The van der Waals surface area contributed by atoms with Gasteiger partial charge in [-0.3, -0.25) is 4.79 Å². The molecule has 0 aromatic carbocycles. The van der Waals surface area contributed by atoms with Crippen LogP contribution in [0.1, 0.15) is 34.1 Å². The smallest absolute Gasteiger partial charge is 0.220 e. The summed E-state index contributed by atoms with van der Waals surface area (Å²) in [7, 11) is 0. The molecule has 2 atom stereocenters. The second-order valence-corrected chi connectivity index (χ2v) is 6.00. The highest BCUT2D eigenvalue weighted by molar-refractivity contribution is 5.76. The Morgan fingerprint density at radius 3 is 2.76 bits per heavy atom. The Labute approximate surface area is 104 Å². The van der Waals surface area contributed by atoms with E-state index in [2.05, 4.69) is 38.3 Å². The van der Waals surface area contributed by atoms with E-state index in [4.69, 9.17) is 4.74 Å². The van der Waals surface area contributed by atoms with Gasteiger partial charge in [-0.05, 0) is 11.3 Å². The van der Waals surface area contributed by atoms with Crippen LogP contribution in [0, 0.1) is 11.3 Å². The molecule has 1 saturated heterocycles. The lowest BCUT2D eigenvalue weighted by atomic mass is 9.80. The molecule has 4 heteroatoms. The molecule has 1 amide bonds. The summed E-state index contributed by atoms with van der Waals surface area (Å²) >= 11 is 0. The van der Waals surface area contributed by atoms with Crippen molar-refractivity contribution < 1.29 is 9.53 Å². The molecule has 0 spiro atoms. The predicted octanol–water partition coefficient (Wildman–Crippen LogP) is 1.16. The Morgan fingerprint density at radius 1 is 1.53 bits per heavy atom. The number of nitrogens with one attached hydrogen (secondary N) is 2. The largest absolute Gasteiger partial charge is 0.378 e. The average molecular weight is 242 g/mol. The van der Waals surface area contributed by atoms with E-state index in [9.17, 15) is 4.79 Å². The van der Waals surface area contributed by atoms with Crippen LogP contribution in [0.3, 0.4) is 0 Å². The van der Waals surface area contributed by atoms with Gasteiger partial charge in [0.1, 0.15) is 0 Å². The van der Waals surface area contributed by atoms with Gasteiger partial charge in [0, 0.05) is 25.6 Å². The van der Waals surface area contributed by atoms with Gasteiger partial charge in [-0.15, -0.1) is 0 Å². The van der Waals surface area contributed by atoms with Crippen LogP contribution >= 0.6 is 0 Å². The van der Waals surface area contributed by atoms with E-state index in [0.717, 1.165) is 13.2 Å². The van der Waals surface area contributed by atoms with Crippen LogP contribution in [0.2, 0.25) is 0 Å². The van der Waals surface area contributed by atoms with Crippen molar-refractivity contribution in [1.29, 1.82) is 0 Å². The fourth-order valence-corrected chi connectivity index (χ4v) is 1.64. The maximum Gasteiger partial charge on any atom is 0.220 e. The quantitative estimate of drug-likeness (QED) is 0.778. The van der Waals surface area contributed by atoms with E-state index >= 15 is 0 Å². The topological polar surface area (TPSA) is 50.4 Å². The van der Waals surface area contributed by atoms with E-state index in [1.165, 1.54) is 0 Å². The molecular weight excluding hydrogens is 216 g/mol. The molecule has 0 radical (unpaired) electrons. The highest BCUT2D eigenvalue weighted by atomic mass is 16.5. The van der Waals surface area contributed by atoms with Crippen LogP contribution in [-0.4, -0.2) is 38.3 Å². The normalized spacial score (nSPS) is 23.2. The zero-order valence-corrected chi connectivity index (χ0v) is 11.5. The maximum absolute atomic E-state index is 11.8. The Morgan fingerprint density at radius 2 is 2.24 bits per heavy atom. The molecule has 0 bridgehead atoms. The molecular formula is C13H26N2O2. The standard InChI is InChI=1S/C13H26N2O2/c1-10(13(2,3)4)7-12(16)15-8-11-9-17-6-5-14-11/h10-11,14H,5-9H2,1-4H3,(H,15,16). The van der Waals surface area contributed by atoms with Gasteiger partial charge >= 0.3 is 0 Å². The summed E-state index contributed by atoms with van der Waals surface area (Å²) in [4.78, 5) is 11.8. The molecule has 1 aliphatic heterocycles. The first-order valence-electron chi connectivity index (χ1n) is 6.47. The highest BCUT2D eigenvalue weighted by Crippen LogP contribution is 2.27. The fraction of sp³-hybridized carbons (Fsp3) is 0.923. The van der Waals surface area contributed by atoms with E-state index in [-0.39, 0.29) is 17.4 Å². The van der Waals surface area contributed by atoms with Crippen LogP contribution in [0.5, 0.6) is 0 Å². The third-order valence-corrected chi connectivity index (χ3v) is 3.51.